The lowest BCUT2D eigenvalue weighted by Gasteiger charge is -2.19. The molecule has 22 heavy (non-hydrogen) atoms. The number of anilines is 2. The van der Waals surface area contributed by atoms with Gasteiger partial charge in [0.25, 0.3) is 0 Å². The molecule has 0 aromatic heterocycles. The molecule has 0 radical (unpaired) electrons. The summed E-state index contributed by atoms with van der Waals surface area (Å²) in [5, 5.41) is 3.40. The highest BCUT2D eigenvalue weighted by Gasteiger charge is 2.12. The Bertz CT molecular complexity index is 570. The van der Waals surface area contributed by atoms with Crippen molar-refractivity contribution in [2.75, 3.05) is 17.8 Å². The maximum Gasteiger partial charge on any atom is 0.119 e. The lowest BCUT2D eigenvalue weighted by molar-refractivity contribution is 0.318. The molecule has 0 amide bonds. The van der Waals surface area contributed by atoms with Crippen LogP contribution in [0.4, 0.5) is 11.4 Å². The predicted molar refractivity (Wildman–Crippen MR) is 95.7 cm³/mol. The third-order valence-corrected chi connectivity index (χ3v) is 3.71. The molecule has 0 aliphatic heterocycles. The standard InChI is InChI=1S/C19H24ClNO/c1-19(2,3)15-5-7-16(8-6-15)21-17-9-11-18(12-10-17)22-14-4-13-20/h5-12,21H,4,13-14H2,1-3H3. The first kappa shape index (κ1) is 16.7. The zero-order valence-electron chi connectivity index (χ0n) is 13.5. The van der Waals surface area contributed by atoms with Crippen molar-refractivity contribution in [1.82, 2.24) is 0 Å². The molecule has 0 saturated heterocycles. The maximum absolute atomic E-state index is 5.63. The fourth-order valence-electron chi connectivity index (χ4n) is 2.10. The van der Waals surface area contributed by atoms with E-state index < -0.39 is 0 Å². The number of nitrogens with one attached hydrogen (secondary N) is 1. The summed E-state index contributed by atoms with van der Waals surface area (Å²) < 4.78 is 5.59. The van der Waals surface area contributed by atoms with E-state index in [0.717, 1.165) is 23.5 Å². The maximum atomic E-state index is 5.63. The molecule has 0 aliphatic rings. The molecule has 2 rings (SSSR count). The summed E-state index contributed by atoms with van der Waals surface area (Å²) in [4.78, 5) is 0. The molecule has 0 bridgehead atoms. The van der Waals surface area contributed by atoms with E-state index >= 15 is 0 Å². The summed E-state index contributed by atoms with van der Waals surface area (Å²) in [6, 6.07) is 16.6. The first-order valence-electron chi connectivity index (χ1n) is 7.65. The van der Waals surface area contributed by atoms with Gasteiger partial charge in [0, 0.05) is 17.3 Å². The van der Waals surface area contributed by atoms with Crippen LogP contribution in [0.1, 0.15) is 32.8 Å². The average molecular weight is 318 g/mol. The van der Waals surface area contributed by atoms with Gasteiger partial charge in [0.05, 0.1) is 6.61 Å². The van der Waals surface area contributed by atoms with E-state index in [0.29, 0.717) is 12.5 Å². The van der Waals surface area contributed by atoms with Gasteiger partial charge in [-0.3, -0.25) is 0 Å². The van der Waals surface area contributed by atoms with Gasteiger partial charge in [-0.25, -0.2) is 0 Å². The van der Waals surface area contributed by atoms with Gasteiger partial charge < -0.3 is 10.1 Å². The van der Waals surface area contributed by atoms with E-state index in [-0.39, 0.29) is 5.41 Å². The molecule has 0 fully saturated rings. The molecule has 2 aromatic carbocycles. The third kappa shape index (κ3) is 4.96. The number of halogens is 1. The van der Waals surface area contributed by atoms with Crippen LogP contribution in [0.5, 0.6) is 5.75 Å². The summed E-state index contributed by atoms with van der Waals surface area (Å²) in [7, 11) is 0. The molecule has 2 nitrogen and oxygen atoms in total. The largest absolute Gasteiger partial charge is 0.494 e. The van der Waals surface area contributed by atoms with E-state index in [2.05, 4.69) is 50.4 Å². The normalized spacial score (nSPS) is 11.3. The number of benzene rings is 2. The minimum atomic E-state index is 0.181. The Balaban J connectivity index is 1.96. The molecule has 2 aromatic rings. The van der Waals surface area contributed by atoms with Crippen molar-refractivity contribution in [3.63, 3.8) is 0 Å². The first-order valence-corrected chi connectivity index (χ1v) is 8.19. The van der Waals surface area contributed by atoms with Crippen molar-refractivity contribution in [3.05, 3.63) is 54.1 Å². The van der Waals surface area contributed by atoms with Crippen molar-refractivity contribution in [1.29, 1.82) is 0 Å². The quantitative estimate of drug-likeness (QED) is 0.542. The molecule has 3 heteroatoms. The van der Waals surface area contributed by atoms with Crippen LogP contribution in [0.3, 0.4) is 0 Å². The van der Waals surface area contributed by atoms with Gasteiger partial charge in [-0.2, -0.15) is 0 Å². The second kappa shape index (κ2) is 7.55. The van der Waals surface area contributed by atoms with E-state index in [1.54, 1.807) is 0 Å². The van der Waals surface area contributed by atoms with Crippen LogP contribution in [-0.2, 0) is 5.41 Å². The Morgan fingerprint density at radius 2 is 1.45 bits per heavy atom. The van der Waals surface area contributed by atoms with E-state index in [9.17, 15) is 0 Å². The van der Waals surface area contributed by atoms with Gasteiger partial charge in [0.1, 0.15) is 5.75 Å². The minimum absolute atomic E-state index is 0.181. The van der Waals surface area contributed by atoms with Crippen molar-refractivity contribution in [2.24, 2.45) is 0 Å². The van der Waals surface area contributed by atoms with Gasteiger partial charge in [0.2, 0.25) is 0 Å². The van der Waals surface area contributed by atoms with Crippen LogP contribution in [0, 0.1) is 0 Å². The zero-order chi connectivity index (χ0) is 16.0. The average Bonchev–Trinajstić information content (AvgIpc) is 2.49. The second-order valence-electron chi connectivity index (χ2n) is 6.37. The molecule has 118 valence electrons. The number of hydrogen-bond acceptors (Lipinski definition) is 2. The second-order valence-corrected chi connectivity index (χ2v) is 6.75. The van der Waals surface area contributed by atoms with Gasteiger partial charge in [-0.1, -0.05) is 32.9 Å². The molecule has 0 heterocycles. The highest BCUT2D eigenvalue weighted by molar-refractivity contribution is 6.17. The Morgan fingerprint density at radius 3 is 1.95 bits per heavy atom. The number of rotatable bonds is 6. The number of alkyl halides is 1. The fraction of sp³-hybridized carbons (Fsp3) is 0.368. The smallest absolute Gasteiger partial charge is 0.119 e. The summed E-state index contributed by atoms with van der Waals surface area (Å²) in [5.41, 5.74) is 3.65. The van der Waals surface area contributed by atoms with Crippen LogP contribution in [0.25, 0.3) is 0 Å². The fourth-order valence-corrected chi connectivity index (χ4v) is 2.21. The van der Waals surface area contributed by atoms with E-state index in [1.165, 1.54) is 5.56 Å². The summed E-state index contributed by atoms with van der Waals surface area (Å²) >= 11 is 5.63. The van der Waals surface area contributed by atoms with Crippen LogP contribution < -0.4 is 10.1 Å². The number of ether oxygens (including phenoxy) is 1. The third-order valence-electron chi connectivity index (χ3n) is 3.44. The summed E-state index contributed by atoms with van der Waals surface area (Å²) in [5.74, 6) is 1.50. The lowest BCUT2D eigenvalue weighted by Crippen LogP contribution is -2.10. The Kier molecular flexibility index (Phi) is 5.73. The monoisotopic (exact) mass is 317 g/mol. The molecule has 0 atom stereocenters. The highest BCUT2D eigenvalue weighted by atomic mass is 35.5. The van der Waals surface area contributed by atoms with E-state index in [1.807, 2.05) is 24.3 Å². The van der Waals surface area contributed by atoms with Gasteiger partial charge in [0.15, 0.2) is 0 Å². The Morgan fingerprint density at radius 1 is 0.909 bits per heavy atom. The topological polar surface area (TPSA) is 21.3 Å². The molecule has 0 aliphatic carbocycles. The van der Waals surface area contributed by atoms with Crippen molar-refractivity contribution < 1.29 is 4.74 Å². The van der Waals surface area contributed by atoms with Gasteiger partial charge in [-0.15, -0.1) is 11.6 Å². The van der Waals surface area contributed by atoms with Crippen molar-refractivity contribution >= 4 is 23.0 Å². The molecule has 0 saturated carbocycles. The summed E-state index contributed by atoms with van der Waals surface area (Å²) in [6.07, 6.45) is 0.863. The summed E-state index contributed by atoms with van der Waals surface area (Å²) in [6.45, 7) is 7.32. The molecule has 0 unspecified atom stereocenters. The lowest BCUT2D eigenvalue weighted by atomic mass is 9.87. The van der Waals surface area contributed by atoms with Crippen LogP contribution >= 0.6 is 11.6 Å². The Labute approximate surface area is 138 Å². The zero-order valence-corrected chi connectivity index (χ0v) is 14.3. The highest BCUT2D eigenvalue weighted by Crippen LogP contribution is 2.25. The molecule has 1 N–H and O–H groups in total. The SMILES string of the molecule is CC(C)(C)c1ccc(Nc2ccc(OCCCCl)cc2)cc1. The van der Waals surface area contributed by atoms with E-state index in [4.69, 9.17) is 16.3 Å². The van der Waals surface area contributed by atoms with Crippen molar-refractivity contribution in [3.8, 4) is 5.75 Å². The van der Waals surface area contributed by atoms with Crippen LogP contribution in [-0.4, -0.2) is 12.5 Å². The number of hydrogen-bond donors (Lipinski definition) is 1. The minimum Gasteiger partial charge on any atom is -0.494 e. The molecular weight excluding hydrogens is 294 g/mol. The predicted octanol–water partition coefficient (Wildman–Crippen LogP) is 5.74. The van der Waals surface area contributed by atoms with Gasteiger partial charge >= 0.3 is 0 Å². The molecular formula is C19H24ClNO. The van der Waals surface area contributed by atoms with Crippen molar-refractivity contribution in [2.45, 2.75) is 32.6 Å². The van der Waals surface area contributed by atoms with Crippen LogP contribution in [0.2, 0.25) is 0 Å². The van der Waals surface area contributed by atoms with Crippen LogP contribution in [0.15, 0.2) is 48.5 Å². The Hall–Kier alpha value is -1.67. The first-order chi connectivity index (χ1) is 10.5. The van der Waals surface area contributed by atoms with Gasteiger partial charge in [-0.05, 0) is 53.8 Å². The molecule has 0 spiro atoms.